The lowest BCUT2D eigenvalue weighted by atomic mass is 9.74. The summed E-state index contributed by atoms with van der Waals surface area (Å²) in [4.78, 5) is 2.62. The van der Waals surface area contributed by atoms with E-state index in [1.807, 2.05) is 0 Å². The Balaban J connectivity index is 1.99. The Hall–Kier alpha value is -0.120. The van der Waals surface area contributed by atoms with Crippen LogP contribution in [0.3, 0.4) is 0 Å². The number of likely N-dealkylation sites (tertiary alicyclic amines) is 1. The molecule has 2 aliphatic rings. The third-order valence-corrected chi connectivity index (χ3v) is 4.95. The largest absolute Gasteiger partial charge is 0.324 e. The fourth-order valence-corrected chi connectivity index (χ4v) is 3.92. The van der Waals surface area contributed by atoms with Crippen LogP contribution in [0, 0.1) is 0 Å². The summed E-state index contributed by atoms with van der Waals surface area (Å²) in [5, 5.41) is 3.46. The minimum atomic E-state index is 0.0371. The molecule has 0 spiro atoms. The van der Waals surface area contributed by atoms with E-state index in [1.54, 1.807) is 0 Å². The first-order valence-corrected chi connectivity index (χ1v) is 7.40. The second-order valence-corrected chi connectivity index (χ2v) is 5.95. The Morgan fingerprint density at radius 2 is 2.12 bits per heavy atom. The highest BCUT2D eigenvalue weighted by Crippen LogP contribution is 2.33. The summed E-state index contributed by atoms with van der Waals surface area (Å²) in [6.45, 7) is 4.74. The normalized spacial score (nSPS) is 39.7. The lowest BCUT2D eigenvalue weighted by Gasteiger charge is -2.44. The van der Waals surface area contributed by atoms with Gasteiger partial charge in [-0.2, -0.15) is 0 Å². The van der Waals surface area contributed by atoms with Gasteiger partial charge in [-0.15, -0.1) is 0 Å². The third-order valence-electron chi connectivity index (χ3n) is 4.95. The SMILES string of the molecule is CCN1CCCC1CC1(N)CCCCC1NC. The Kier molecular flexibility index (Phi) is 4.45. The first-order valence-electron chi connectivity index (χ1n) is 7.40. The van der Waals surface area contributed by atoms with E-state index in [-0.39, 0.29) is 5.54 Å². The second-order valence-electron chi connectivity index (χ2n) is 5.95. The highest BCUT2D eigenvalue weighted by atomic mass is 15.2. The predicted octanol–water partition coefficient (Wildman–Crippen LogP) is 1.72. The summed E-state index contributed by atoms with van der Waals surface area (Å²) in [5.74, 6) is 0. The van der Waals surface area contributed by atoms with E-state index in [2.05, 4.69) is 24.2 Å². The molecule has 1 aliphatic carbocycles. The Labute approximate surface area is 106 Å². The third kappa shape index (κ3) is 2.83. The van der Waals surface area contributed by atoms with Crippen molar-refractivity contribution in [2.24, 2.45) is 5.73 Å². The summed E-state index contributed by atoms with van der Waals surface area (Å²) < 4.78 is 0. The van der Waals surface area contributed by atoms with Crippen molar-refractivity contribution in [1.29, 1.82) is 0 Å². The highest BCUT2D eigenvalue weighted by molar-refractivity contribution is 5.01. The summed E-state index contributed by atoms with van der Waals surface area (Å²) in [6.07, 6.45) is 9.01. The first kappa shape index (κ1) is 13.3. The van der Waals surface area contributed by atoms with E-state index in [4.69, 9.17) is 5.73 Å². The van der Waals surface area contributed by atoms with Gasteiger partial charge in [0.25, 0.3) is 0 Å². The molecule has 3 heteroatoms. The molecule has 3 atom stereocenters. The summed E-state index contributed by atoms with van der Waals surface area (Å²) >= 11 is 0. The molecule has 1 aliphatic heterocycles. The lowest BCUT2D eigenvalue weighted by Crippen LogP contribution is -2.60. The minimum absolute atomic E-state index is 0.0371. The Morgan fingerprint density at radius 1 is 1.29 bits per heavy atom. The average molecular weight is 239 g/mol. The fraction of sp³-hybridized carbons (Fsp3) is 1.00. The van der Waals surface area contributed by atoms with Gasteiger partial charge in [0.15, 0.2) is 0 Å². The molecule has 0 radical (unpaired) electrons. The minimum Gasteiger partial charge on any atom is -0.324 e. The van der Waals surface area contributed by atoms with E-state index < -0.39 is 0 Å². The van der Waals surface area contributed by atoms with Gasteiger partial charge in [-0.1, -0.05) is 19.8 Å². The molecule has 0 aromatic carbocycles. The van der Waals surface area contributed by atoms with Crippen molar-refractivity contribution < 1.29 is 0 Å². The molecule has 0 aromatic rings. The molecular weight excluding hydrogens is 210 g/mol. The predicted molar refractivity (Wildman–Crippen MR) is 73.1 cm³/mol. The number of hydrogen-bond acceptors (Lipinski definition) is 3. The standard InChI is InChI=1S/C14H29N3/c1-3-17-10-6-7-12(17)11-14(15)9-5-4-8-13(14)16-2/h12-13,16H,3-11,15H2,1-2H3. The van der Waals surface area contributed by atoms with E-state index in [9.17, 15) is 0 Å². The average Bonchev–Trinajstić information content (AvgIpc) is 2.76. The zero-order chi connectivity index (χ0) is 12.3. The van der Waals surface area contributed by atoms with Gasteiger partial charge in [0, 0.05) is 17.6 Å². The topological polar surface area (TPSA) is 41.3 Å². The molecule has 1 saturated heterocycles. The van der Waals surface area contributed by atoms with Crippen LogP contribution in [0.15, 0.2) is 0 Å². The zero-order valence-electron chi connectivity index (χ0n) is 11.5. The van der Waals surface area contributed by atoms with Crippen molar-refractivity contribution in [2.45, 2.75) is 69.5 Å². The number of nitrogens with zero attached hydrogens (tertiary/aromatic N) is 1. The Bertz CT molecular complexity index is 244. The van der Waals surface area contributed by atoms with Gasteiger partial charge in [0.1, 0.15) is 0 Å². The van der Waals surface area contributed by atoms with Gasteiger partial charge >= 0.3 is 0 Å². The summed E-state index contributed by atoms with van der Waals surface area (Å²) in [6, 6.07) is 1.26. The van der Waals surface area contributed by atoms with Crippen LogP contribution in [0.1, 0.15) is 51.9 Å². The molecule has 1 heterocycles. The maximum Gasteiger partial charge on any atom is 0.0324 e. The fourth-order valence-electron chi connectivity index (χ4n) is 3.92. The molecule has 2 rings (SSSR count). The van der Waals surface area contributed by atoms with Crippen LogP contribution in [-0.2, 0) is 0 Å². The number of hydrogen-bond donors (Lipinski definition) is 2. The molecule has 3 unspecified atom stereocenters. The molecule has 1 saturated carbocycles. The van der Waals surface area contributed by atoms with Crippen LogP contribution in [0.25, 0.3) is 0 Å². The first-order chi connectivity index (χ1) is 8.19. The molecular formula is C14H29N3. The molecule has 3 N–H and O–H groups in total. The van der Waals surface area contributed by atoms with Crippen LogP contribution in [0.2, 0.25) is 0 Å². The van der Waals surface area contributed by atoms with E-state index >= 15 is 0 Å². The molecule has 100 valence electrons. The summed E-state index contributed by atoms with van der Waals surface area (Å²) in [5.41, 5.74) is 6.76. The monoisotopic (exact) mass is 239 g/mol. The zero-order valence-corrected chi connectivity index (χ0v) is 11.5. The molecule has 0 amide bonds. The molecule has 2 fully saturated rings. The number of nitrogens with two attached hydrogens (primary N) is 1. The van der Waals surface area contributed by atoms with Crippen LogP contribution >= 0.6 is 0 Å². The van der Waals surface area contributed by atoms with Gasteiger partial charge in [0.2, 0.25) is 0 Å². The van der Waals surface area contributed by atoms with Gasteiger partial charge in [-0.3, -0.25) is 0 Å². The van der Waals surface area contributed by atoms with Crippen LogP contribution < -0.4 is 11.1 Å². The number of rotatable bonds is 4. The number of nitrogens with one attached hydrogen (secondary N) is 1. The maximum absolute atomic E-state index is 6.72. The maximum atomic E-state index is 6.72. The van der Waals surface area contributed by atoms with E-state index in [0.29, 0.717) is 6.04 Å². The molecule has 17 heavy (non-hydrogen) atoms. The molecule has 3 nitrogen and oxygen atoms in total. The van der Waals surface area contributed by atoms with Gasteiger partial charge < -0.3 is 16.0 Å². The summed E-state index contributed by atoms with van der Waals surface area (Å²) in [7, 11) is 2.07. The van der Waals surface area contributed by atoms with Crippen molar-refractivity contribution >= 4 is 0 Å². The van der Waals surface area contributed by atoms with E-state index in [0.717, 1.165) is 6.04 Å². The van der Waals surface area contributed by atoms with Crippen molar-refractivity contribution in [3.05, 3.63) is 0 Å². The van der Waals surface area contributed by atoms with Crippen molar-refractivity contribution in [3.63, 3.8) is 0 Å². The van der Waals surface area contributed by atoms with Crippen molar-refractivity contribution in [1.82, 2.24) is 10.2 Å². The second kappa shape index (κ2) is 5.68. The van der Waals surface area contributed by atoms with Crippen molar-refractivity contribution in [3.8, 4) is 0 Å². The van der Waals surface area contributed by atoms with Gasteiger partial charge in [-0.05, 0) is 52.2 Å². The molecule has 0 aromatic heterocycles. The van der Waals surface area contributed by atoms with Crippen molar-refractivity contribution in [2.75, 3.05) is 20.1 Å². The number of likely N-dealkylation sites (N-methyl/N-ethyl adjacent to an activating group) is 1. The van der Waals surface area contributed by atoms with Crippen LogP contribution in [-0.4, -0.2) is 42.7 Å². The van der Waals surface area contributed by atoms with Crippen LogP contribution in [0.4, 0.5) is 0 Å². The smallest absolute Gasteiger partial charge is 0.0324 e. The quantitative estimate of drug-likeness (QED) is 0.785. The van der Waals surface area contributed by atoms with E-state index in [1.165, 1.54) is 58.0 Å². The lowest BCUT2D eigenvalue weighted by molar-refractivity contribution is 0.151. The van der Waals surface area contributed by atoms with Gasteiger partial charge in [-0.25, -0.2) is 0 Å². The highest BCUT2D eigenvalue weighted by Gasteiger charge is 2.40. The molecule has 0 bridgehead atoms. The Morgan fingerprint density at radius 3 is 2.82 bits per heavy atom. The van der Waals surface area contributed by atoms with Crippen LogP contribution in [0.5, 0.6) is 0 Å². The van der Waals surface area contributed by atoms with Gasteiger partial charge in [0.05, 0.1) is 0 Å².